The summed E-state index contributed by atoms with van der Waals surface area (Å²) in [6.07, 6.45) is 2.31. The highest BCUT2D eigenvalue weighted by Crippen LogP contribution is 2.07. The highest BCUT2D eigenvalue weighted by molar-refractivity contribution is 14.0. The summed E-state index contributed by atoms with van der Waals surface area (Å²) in [4.78, 5) is 9.30. The molecular weight excluding hydrogens is 433 g/mol. The summed E-state index contributed by atoms with van der Waals surface area (Å²) < 4.78 is 11.1. The molecule has 1 unspecified atom stereocenters. The maximum Gasteiger partial charge on any atom is 0.191 e. The Bertz CT molecular complexity index is 359. The molecule has 2 aliphatic heterocycles. The second-order valence-corrected chi connectivity index (χ2v) is 6.41. The molecule has 7 nitrogen and oxygen atoms in total. The molecule has 25 heavy (non-hydrogen) atoms. The molecule has 2 heterocycles. The number of hydrogen-bond acceptors (Lipinski definition) is 5. The summed E-state index contributed by atoms with van der Waals surface area (Å²) in [6, 6.07) is 0. The molecule has 0 radical (unpaired) electrons. The normalized spacial score (nSPS) is 22.6. The highest BCUT2D eigenvalue weighted by Gasteiger charge is 2.16. The first kappa shape index (κ1) is 22.9. The summed E-state index contributed by atoms with van der Waals surface area (Å²) in [5.41, 5.74) is 0. The SMILES string of the molecule is CCN1CCN(CCNC(=NC)NCCCOC2CCOC2)CC1.I. The second-order valence-electron chi connectivity index (χ2n) is 6.41. The van der Waals surface area contributed by atoms with Gasteiger partial charge in [-0.25, -0.2) is 0 Å². The van der Waals surface area contributed by atoms with E-state index in [0.717, 1.165) is 58.3 Å². The molecule has 0 saturated carbocycles. The van der Waals surface area contributed by atoms with Crippen molar-refractivity contribution >= 4 is 29.9 Å². The lowest BCUT2D eigenvalue weighted by atomic mass is 10.3. The molecule has 0 aromatic heterocycles. The van der Waals surface area contributed by atoms with Gasteiger partial charge in [-0.1, -0.05) is 6.92 Å². The lowest BCUT2D eigenvalue weighted by molar-refractivity contribution is 0.0420. The van der Waals surface area contributed by atoms with Gasteiger partial charge in [-0.3, -0.25) is 9.89 Å². The van der Waals surface area contributed by atoms with Gasteiger partial charge in [0.1, 0.15) is 0 Å². The topological polar surface area (TPSA) is 61.4 Å². The maximum absolute atomic E-state index is 5.76. The molecule has 0 bridgehead atoms. The first-order valence-corrected chi connectivity index (χ1v) is 9.40. The summed E-state index contributed by atoms with van der Waals surface area (Å²) in [6.45, 7) is 13.4. The Kier molecular flexibility index (Phi) is 12.8. The molecule has 0 aliphatic carbocycles. The summed E-state index contributed by atoms with van der Waals surface area (Å²) in [5, 5.41) is 6.75. The molecule has 8 heteroatoms. The van der Waals surface area contributed by atoms with Crippen molar-refractivity contribution in [2.75, 3.05) is 79.2 Å². The van der Waals surface area contributed by atoms with Crippen molar-refractivity contribution in [3.8, 4) is 0 Å². The third-order valence-corrected chi connectivity index (χ3v) is 4.71. The van der Waals surface area contributed by atoms with E-state index in [1.165, 1.54) is 32.7 Å². The Morgan fingerprint density at radius 2 is 1.88 bits per heavy atom. The van der Waals surface area contributed by atoms with Gasteiger partial charge in [-0.15, -0.1) is 24.0 Å². The molecule has 0 aromatic carbocycles. The van der Waals surface area contributed by atoms with Gasteiger partial charge in [-0.05, 0) is 19.4 Å². The van der Waals surface area contributed by atoms with Crippen LogP contribution in [0.5, 0.6) is 0 Å². The van der Waals surface area contributed by atoms with Gasteiger partial charge in [0.05, 0.1) is 12.7 Å². The largest absolute Gasteiger partial charge is 0.379 e. The number of nitrogens with one attached hydrogen (secondary N) is 2. The van der Waals surface area contributed by atoms with Crippen molar-refractivity contribution in [1.82, 2.24) is 20.4 Å². The quantitative estimate of drug-likeness (QED) is 0.223. The van der Waals surface area contributed by atoms with E-state index in [9.17, 15) is 0 Å². The van der Waals surface area contributed by atoms with Gasteiger partial charge >= 0.3 is 0 Å². The predicted molar refractivity (Wildman–Crippen MR) is 113 cm³/mol. The van der Waals surface area contributed by atoms with E-state index in [0.29, 0.717) is 6.10 Å². The fourth-order valence-corrected chi connectivity index (χ4v) is 3.06. The zero-order chi connectivity index (χ0) is 17.0. The van der Waals surface area contributed by atoms with Crippen molar-refractivity contribution in [3.05, 3.63) is 0 Å². The first-order chi connectivity index (χ1) is 11.8. The fourth-order valence-electron chi connectivity index (χ4n) is 3.06. The third kappa shape index (κ3) is 9.37. The average molecular weight is 469 g/mol. The van der Waals surface area contributed by atoms with E-state index < -0.39 is 0 Å². The van der Waals surface area contributed by atoms with Gasteiger partial charge in [0, 0.05) is 66.1 Å². The smallest absolute Gasteiger partial charge is 0.191 e. The van der Waals surface area contributed by atoms with Crippen LogP contribution >= 0.6 is 24.0 Å². The predicted octanol–water partition coefficient (Wildman–Crippen LogP) is 0.603. The molecule has 2 aliphatic rings. The van der Waals surface area contributed by atoms with Crippen LogP contribution in [0.1, 0.15) is 19.8 Å². The Morgan fingerprint density at radius 3 is 2.52 bits per heavy atom. The van der Waals surface area contributed by atoms with Gasteiger partial charge < -0.3 is 25.0 Å². The number of halogens is 1. The van der Waals surface area contributed by atoms with E-state index in [2.05, 4.69) is 32.3 Å². The molecule has 2 N–H and O–H groups in total. The minimum atomic E-state index is 0. The molecule has 0 aromatic rings. The van der Waals surface area contributed by atoms with E-state index in [1.807, 2.05) is 7.05 Å². The number of nitrogens with zero attached hydrogens (tertiary/aromatic N) is 3. The number of likely N-dealkylation sites (N-methyl/N-ethyl adjacent to an activating group) is 1. The first-order valence-electron chi connectivity index (χ1n) is 9.40. The zero-order valence-corrected chi connectivity index (χ0v) is 18.2. The van der Waals surface area contributed by atoms with Gasteiger partial charge in [0.25, 0.3) is 0 Å². The lowest BCUT2D eigenvalue weighted by Crippen LogP contribution is -2.49. The van der Waals surface area contributed by atoms with E-state index in [4.69, 9.17) is 9.47 Å². The van der Waals surface area contributed by atoms with Crippen LogP contribution in [0.25, 0.3) is 0 Å². The Labute approximate surface area is 169 Å². The highest BCUT2D eigenvalue weighted by atomic mass is 127. The minimum absolute atomic E-state index is 0. The van der Waals surface area contributed by atoms with Crippen LogP contribution in [-0.4, -0.2) is 101 Å². The van der Waals surface area contributed by atoms with Crippen LogP contribution in [0.2, 0.25) is 0 Å². The lowest BCUT2D eigenvalue weighted by Gasteiger charge is -2.34. The van der Waals surface area contributed by atoms with Crippen LogP contribution in [0.4, 0.5) is 0 Å². The van der Waals surface area contributed by atoms with Crippen molar-refractivity contribution in [3.63, 3.8) is 0 Å². The van der Waals surface area contributed by atoms with Crippen LogP contribution in [0.15, 0.2) is 4.99 Å². The molecule has 2 saturated heterocycles. The fraction of sp³-hybridized carbons (Fsp3) is 0.941. The molecule has 2 fully saturated rings. The second kappa shape index (κ2) is 14.0. The third-order valence-electron chi connectivity index (χ3n) is 4.71. The van der Waals surface area contributed by atoms with Crippen LogP contribution < -0.4 is 10.6 Å². The molecule has 0 spiro atoms. The summed E-state index contributed by atoms with van der Waals surface area (Å²) in [7, 11) is 1.82. The maximum atomic E-state index is 5.76. The Balaban J connectivity index is 0.00000312. The van der Waals surface area contributed by atoms with Crippen LogP contribution in [-0.2, 0) is 9.47 Å². The molecule has 148 valence electrons. The van der Waals surface area contributed by atoms with Gasteiger partial charge in [-0.2, -0.15) is 0 Å². The van der Waals surface area contributed by atoms with Crippen molar-refractivity contribution in [1.29, 1.82) is 0 Å². The molecule has 0 amide bonds. The number of piperazine rings is 1. The van der Waals surface area contributed by atoms with Gasteiger partial charge in [0.2, 0.25) is 0 Å². The number of hydrogen-bond donors (Lipinski definition) is 2. The standard InChI is InChI=1S/C17H35N5O2.HI/c1-3-21-9-11-22(12-10-21)8-7-20-17(18-2)19-6-4-13-24-16-5-14-23-15-16;/h16H,3-15H2,1-2H3,(H2,18,19,20);1H. The van der Waals surface area contributed by atoms with E-state index in [-0.39, 0.29) is 24.0 Å². The van der Waals surface area contributed by atoms with E-state index >= 15 is 0 Å². The van der Waals surface area contributed by atoms with Crippen molar-refractivity contribution in [2.45, 2.75) is 25.9 Å². The van der Waals surface area contributed by atoms with Crippen LogP contribution in [0.3, 0.4) is 0 Å². The number of rotatable bonds is 9. The minimum Gasteiger partial charge on any atom is -0.379 e. The number of aliphatic imine (C=N–C) groups is 1. The van der Waals surface area contributed by atoms with E-state index in [1.54, 1.807) is 0 Å². The summed E-state index contributed by atoms with van der Waals surface area (Å²) >= 11 is 0. The van der Waals surface area contributed by atoms with Gasteiger partial charge in [0.15, 0.2) is 5.96 Å². The monoisotopic (exact) mass is 469 g/mol. The molecular formula is C17H36IN5O2. The molecule has 1 atom stereocenters. The zero-order valence-electron chi connectivity index (χ0n) is 15.8. The summed E-state index contributed by atoms with van der Waals surface area (Å²) in [5.74, 6) is 0.881. The number of guanidine groups is 1. The van der Waals surface area contributed by atoms with Crippen molar-refractivity contribution in [2.24, 2.45) is 4.99 Å². The Hall–Kier alpha value is -0.160. The number of ether oxygens (including phenoxy) is 2. The molecule has 2 rings (SSSR count). The van der Waals surface area contributed by atoms with Crippen molar-refractivity contribution < 1.29 is 9.47 Å². The van der Waals surface area contributed by atoms with Crippen LogP contribution in [0, 0.1) is 0 Å². The Morgan fingerprint density at radius 1 is 1.16 bits per heavy atom. The average Bonchev–Trinajstić information content (AvgIpc) is 3.14.